The maximum absolute atomic E-state index is 13.1. The fraction of sp³-hybridized carbons (Fsp3) is 0.571. The molecule has 35 heavy (non-hydrogen) atoms. The Morgan fingerprint density at radius 1 is 1.14 bits per heavy atom. The van der Waals surface area contributed by atoms with Gasteiger partial charge in [-0.2, -0.15) is 10.2 Å². The lowest BCUT2D eigenvalue weighted by Gasteiger charge is -2.35. The first kappa shape index (κ1) is 26.6. The van der Waals surface area contributed by atoms with Crippen LogP contribution in [0.25, 0.3) is 0 Å². The van der Waals surface area contributed by atoms with Gasteiger partial charge in [0.1, 0.15) is 18.3 Å². The Morgan fingerprint density at radius 3 is 2.34 bits per heavy atom. The fourth-order valence-electron chi connectivity index (χ4n) is 3.67. The molecule has 192 valence electrons. The molecule has 0 radical (unpaired) electrons. The number of anilines is 1. The third-order valence-electron chi connectivity index (χ3n) is 5.72. The van der Waals surface area contributed by atoms with Crippen LogP contribution in [-0.4, -0.2) is 80.1 Å². The Morgan fingerprint density at radius 2 is 1.77 bits per heavy atom. The number of halogens is 3. The summed E-state index contributed by atoms with van der Waals surface area (Å²) in [6.45, 7) is 8.27. The van der Waals surface area contributed by atoms with Crippen LogP contribution in [0, 0.1) is 13.8 Å². The third-order valence-corrected chi connectivity index (χ3v) is 6.70. The van der Waals surface area contributed by atoms with Crippen LogP contribution in [0.5, 0.6) is 0 Å². The number of carbonyl (C=O) groups is 3. The van der Waals surface area contributed by atoms with E-state index in [-0.39, 0.29) is 23.0 Å². The minimum atomic E-state index is -2.76. The SMILES string of the molecule is CCOC(=O)N1CCN(C(=O)C(C)n2cc(NC(=O)Cn3nc(C(F)F)c(Br)c3C)c(C)n2)CC1. The first-order chi connectivity index (χ1) is 16.5. The molecule has 3 amide bonds. The Balaban J connectivity index is 1.61. The van der Waals surface area contributed by atoms with E-state index < -0.39 is 24.1 Å². The molecule has 1 unspecified atom stereocenters. The van der Waals surface area contributed by atoms with Gasteiger partial charge in [-0.15, -0.1) is 0 Å². The molecule has 1 N–H and O–H groups in total. The van der Waals surface area contributed by atoms with E-state index in [0.29, 0.717) is 49.9 Å². The van der Waals surface area contributed by atoms with Gasteiger partial charge in [0.25, 0.3) is 6.43 Å². The molecule has 1 atom stereocenters. The van der Waals surface area contributed by atoms with Crippen LogP contribution in [0.3, 0.4) is 0 Å². The first-order valence-electron chi connectivity index (χ1n) is 11.1. The van der Waals surface area contributed by atoms with E-state index in [0.717, 1.165) is 0 Å². The minimum Gasteiger partial charge on any atom is -0.450 e. The summed E-state index contributed by atoms with van der Waals surface area (Å²) in [4.78, 5) is 40.6. The van der Waals surface area contributed by atoms with E-state index >= 15 is 0 Å². The van der Waals surface area contributed by atoms with Crippen molar-refractivity contribution in [2.45, 2.75) is 46.7 Å². The molecule has 2 aromatic heterocycles. The number of nitrogens with one attached hydrogen (secondary N) is 1. The van der Waals surface area contributed by atoms with Crippen LogP contribution in [0.15, 0.2) is 10.7 Å². The molecule has 2 aromatic rings. The topological polar surface area (TPSA) is 115 Å². The van der Waals surface area contributed by atoms with Crippen molar-refractivity contribution in [3.05, 3.63) is 27.8 Å². The van der Waals surface area contributed by atoms with Crippen molar-refractivity contribution < 1.29 is 27.9 Å². The Labute approximate surface area is 209 Å². The summed E-state index contributed by atoms with van der Waals surface area (Å²) >= 11 is 3.08. The van der Waals surface area contributed by atoms with E-state index in [2.05, 4.69) is 31.4 Å². The molecule has 11 nitrogen and oxygen atoms in total. The van der Waals surface area contributed by atoms with Gasteiger partial charge in [0.2, 0.25) is 11.8 Å². The normalized spacial score (nSPS) is 14.9. The first-order valence-corrected chi connectivity index (χ1v) is 11.9. The molecule has 0 bridgehead atoms. The molecule has 14 heteroatoms. The smallest absolute Gasteiger partial charge is 0.409 e. The number of carbonyl (C=O) groups excluding carboxylic acids is 3. The molecule has 0 aromatic carbocycles. The largest absolute Gasteiger partial charge is 0.450 e. The highest BCUT2D eigenvalue weighted by Crippen LogP contribution is 2.29. The summed E-state index contributed by atoms with van der Waals surface area (Å²) in [6.07, 6.45) is -1.60. The number of piperazine rings is 1. The Kier molecular flexibility index (Phi) is 8.46. The molecular formula is C21H28BrF2N7O4. The second-order valence-corrected chi connectivity index (χ2v) is 8.88. The molecule has 0 saturated carbocycles. The molecule has 3 heterocycles. The summed E-state index contributed by atoms with van der Waals surface area (Å²) in [5, 5.41) is 10.9. The number of aryl methyl sites for hydroxylation is 1. The second-order valence-electron chi connectivity index (χ2n) is 8.09. The zero-order valence-electron chi connectivity index (χ0n) is 19.9. The summed E-state index contributed by atoms with van der Waals surface area (Å²) in [7, 11) is 0. The zero-order valence-corrected chi connectivity index (χ0v) is 21.5. The van der Waals surface area contributed by atoms with Gasteiger partial charge in [-0.05, 0) is 43.6 Å². The van der Waals surface area contributed by atoms with Crippen molar-refractivity contribution in [1.29, 1.82) is 0 Å². The van der Waals surface area contributed by atoms with Crippen LogP contribution < -0.4 is 5.32 Å². The highest BCUT2D eigenvalue weighted by atomic mass is 79.9. The van der Waals surface area contributed by atoms with Gasteiger partial charge in [0.15, 0.2) is 0 Å². The van der Waals surface area contributed by atoms with Crippen LogP contribution in [-0.2, 0) is 20.9 Å². The van der Waals surface area contributed by atoms with Crippen molar-refractivity contribution >= 4 is 39.5 Å². The number of hydrogen-bond donors (Lipinski definition) is 1. The molecule has 1 saturated heterocycles. The average molecular weight is 560 g/mol. The van der Waals surface area contributed by atoms with Crippen molar-refractivity contribution in [3.8, 4) is 0 Å². The second kappa shape index (κ2) is 11.1. The van der Waals surface area contributed by atoms with E-state index in [1.165, 1.54) is 9.36 Å². The molecule has 0 aliphatic carbocycles. The fourth-order valence-corrected chi connectivity index (χ4v) is 4.13. The average Bonchev–Trinajstić information content (AvgIpc) is 3.32. The molecule has 3 rings (SSSR count). The standard InChI is InChI=1S/C21H28BrF2N7O4/c1-5-35-21(34)29-8-6-28(7-9-29)20(33)14(4)30-10-15(12(2)26-30)25-16(32)11-31-13(3)17(22)18(27-31)19(23)24/h10,14,19H,5-9,11H2,1-4H3,(H,25,32). The lowest BCUT2D eigenvalue weighted by atomic mass is 10.2. The van der Waals surface area contributed by atoms with E-state index in [1.807, 2.05) is 0 Å². The van der Waals surface area contributed by atoms with Gasteiger partial charge in [-0.1, -0.05) is 0 Å². The van der Waals surface area contributed by atoms with Crippen LogP contribution >= 0.6 is 15.9 Å². The van der Waals surface area contributed by atoms with Crippen LogP contribution in [0.1, 0.15) is 43.4 Å². The van der Waals surface area contributed by atoms with E-state index in [9.17, 15) is 23.2 Å². The lowest BCUT2D eigenvalue weighted by Crippen LogP contribution is -2.52. The number of amides is 3. The predicted octanol–water partition coefficient (Wildman–Crippen LogP) is 2.90. The summed E-state index contributed by atoms with van der Waals surface area (Å²) < 4.78 is 33.9. The maximum atomic E-state index is 13.1. The van der Waals surface area contributed by atoms with Gasteiger partial charge >= 0.3 is 6.09 Å². The number of rotatable bonds is 7. The molecule has 1 fully saturated rings. The Bertz CT molecular complexity index is 1100. The maximum Gasteiger partial charge on any atom is 0.409 e. The van der Waals surface area contributed by atoms with Gasteiger partial charge in [0.05, 0.1) is 28.2 Å². The van der Waals surface area contributed by atoms with Crippen LogP contribution in [0.4, 0.5) is 19.3 Å². The number of hydrogen-bond acceptors (Lipinski definition) is 6. The predicted molar refractivity (Wildman–Crippen MR) is 125 cm³/mol. The molecule has 0 spiro atoms. The van der Waals surface area contributed by atoms with E-state index in [4.69, 9.17) is 4.74 Å². The summed E-state index contributed by atoms with van der Waals surface area (Å²) in [5.74, 6) is -0.633. The van der Waals surface area contributed by atoms with Crippen molar-refractivity contribution in [3.63, 3.8) is 0 Å². The van der Waals surface area contributed by atoms with Crippen molar-refractivity contribution in [2.75, 3.05) is 38.1 Å². The highest BCUT2D eigenvalue weighted by molar-refractivity contribution is 9.10. The summed E-state index contributed by atoms with van der Waals surface area (Å²) in [6, 6.07) is -0.633. The van der Waals surface area contributed by atoms with Gasteiger partial charge < -0.3 is 19.9 Å². The molecular weight excluding hydrogens is 532 g/mol. The minimum absolute atomic E-state index is 0.162. The third kappa shape index (κ3) is 5.97. The zero-order chi connectivity index (χ0) is 25.9. The summed E-state index contributed by atoms with van der Waals surface area (Å²) in [5.41, 5.74) is 0.886. The monoisotopic (exact) mass is 559 g/mol. The van der Waals surface area contributed by atoms with Crippen molar-refractivity contribution in [2.24, 2.45) is 0 Å². The lowest BCUT2D eigenvalue weighted by molar-refractivity contribution is -0.136. The quantitative estimate of drug-likeness (QED) is 0.557. The van der Waals surface area contributed by atoms with Crippen molar-refractivity contribution in [1.82, 2.24) is 29.4 Å². The Hall–Kier alpha value is -3.03. The number of ether oxygens (including phenoxy) is 1. The van der Waals surface area contributed by atoms with Gasteiger partial charge in [-0.25, -0.2) is 13.6 Å². The van der Waals surface area contributed by atoms with Gasteiger partial charge in [-0.3, -0.25) is 19.0 Å². The number of alkyl halides is 2. The molecule has 1 aliphatic heterocycles. The highest BCUT2D eigenvalue weighted by Gasteiger charge is 2.29. The number of aromatic nitrogens is 4. The van der Waals surface area contributed by atoms with Crippen LogP contribution in [0.2, 0.25) is 0 Å². The number of nitrogens with zero attached hydrogens (tertiary/aromatic N) is 6. The van der Waals surface area contributed by atoms with E-state index in [1.54, 1.807) is 43.7 Å². The molecule has 1 aliphatic rings. The van der Waals surface area contributed by atoms with Gasteiger partial charge in [0, 0.05) is 32.4 Å².